The van der Waals surface area contributed by atoms with Gasteiger partial charge in [-0.15, -0.1) is 0 Å². The highest BCUT2D eigenvalue weighted by molar-refractivity contribution is 9.10. The van der Waals surface area contributed by atoms with Gasteiger partial charge < -0.3 is 10.2 Å². The molecule has 1 amide bonds. The predicted octanol–water partition coefficient (Wildman–Crippen LogP) is 4.01. The van der Waals surface area contributed by atoms with E-state index in [2.05, 4.69) is 48.0 Å². The molecule has 1 fully saturated rings. The first-order valence-electron chi connectivity index (χ1n) is 8.68. The zero-order chi connectivity index (χ0) is 18.7. The lowest BCUT2D eigenvalue weighted by Gasteiger charge is -2.33. The molecule has 0 atom stereocenters. The molecule has 8 heteroatoms. The maximum absolute atomic E-state index is 12.5. The van der Waals surface area contributed by atoms with Crippen LogP contribution in [0.2, 0.25) is 5.15 Å². The molecule has 1 aliphatic rings. The summed E-state index contributed by atoms with van der Waals surface area (Å²) in [5.74, 6) is 2.14. The smallest absolute Gasteiger partial charge is 0.228 e. The molecule has 0 aliphatic carbocycles. The van der Waals surface area contributed by atoms with Gasteiger partial charge in [0.1, 0.15) is 22.6 Å². The molecule has 3 rings (SSSR count). The zero-order valence-corrected chi connectivity index (χ0v) is 17.1. The van der Waals surface area contributed by atoms with Gasteiger partial charge in [-0.1, -0.05) is 18.5 Å². The number of hydrogen-bond donors (Lipinski definition) is 1. The molecule has 0 radical (unpaired) electrons. The van der Waals surface area contributed by atoms with Crippen LogP contribution in [0.5, 0.6) is 0 Å². The van der Waals surface area contributed by atoms with E-state index in [0.29, 0.717) is 16.8 Å². The molecule has 2 aromatic heterocycles. The topological polar surface area (TPSA) is 71.0 Å². The summed E-state index contributed by atoms with van der Waals surface area (Å²) in [6, 6.07) is 3.65. The normalized spacial score (nSPS) is 15.2. The number of aromatic nitrogens is 3. The fourth-order valence-corrected chi connectivity index (χ4v) is 3.72. The second-order valence-corrected chi connectivity index (χ2v) is 7.60. The predicted molar refractivity (Wildman–Crippen MR) is 107 cm³/mol. The Bertz CT molecular complexity index is 791. The van der Waals surface area contributed by atoms with Crippen LogP contribution in [0.15, 0.2) is 22.8 Å². The van der Waals surface area contributed by atoms with Gasteiger partial charge in [-0.25, -0.2) is 15.0 Å². The van der Waals surface area contributed by atoms with Gasteiger partial charge in [-0.2, -0.15) is 0 Å². The highest BCUT2D eigenvalue weighted by atomic mass is 79.9. The summed E-state index contributed by atoms with van der Waals surface area (Å²) in [5, 5.41) is 3.42. The lowest BCUT2D eigenvalue weighted by Crippen LogP contribution is -2.39. The van der Waals surface area contributed by atoms with E-state index in [1.54, 1.807) is 12.3 Å². The highest BCUT2D eigenvalue weighted by Gasteiger charge is 2.27. The molecule has 0 spiro atoms. The molecular formula is C18H21BrClN5O. The third-order valence-electron chi connectivity index (χ3n) is 4.54. The number of aryl methyl sites for hydroxylation is 1. The number of amides is 1. The Balaban J connectivity index is 1.64. The third-order valence-corrected chi connectivity index (χ3v) is 5.33. The molecule has 2 aromatic rings. The fourth-order valence-electron chi connectivity index (χ4n) is 3.14. The van der Waals surface area contributed by atoms with Crippen molar-refractivity contribution in [3.05, 3.63) is 39.3 Å². The number of pyridine rings is 1. The summed E-state index contributed by atoms with van der Waals surface area (Å²) < 4.78 is 0.884. The fraction of sp³-hybridized carbons (Fsp3) is 0.444. The average molecular weight is 439 g/mol. The molecule has 1 N–H and O–H groups in total. The summed E-state index contributed by atoms with van der Waals surface area (Å²) in [7, 11) is 0. The summed E-state index contributed by atoms with van der Waals surface area (Å²) in [5.41, 5.74) is 0.972. The lowest BCUT2D eigenvalue weighted by atomic mass is 9.95. The first-order chi connectivity index (χ1) is 12.5. The Morgan fingerprint density at radius 1 is 1.35 bits per heavy atom. The number of nitrogens with one attached hydrogen (secondary N) is 1. The van der Waals surface area contributed by atoms with Crippen molar-refractivity contribution in [3.63, 3.8) is 0 Å². The molecule has 0 unspecified atom stereocenters. The minimum Gasteiger partial charge on any atom is -0.356 e. The van der Waals surface area contributed by atoms with Crippen LogP contribution in [0.3, 0.4) is 0 Å². The van der Waals surface area contributed by atoms with Crippen molar-refractivity contribution in [1.82, 2.24) is 15.0 Å². The summed E-state index contributed by atoms with van der Waals surface area (Å²) in [6.45, 7) is 5.44. The van der Waals surface area contributed by atoms with Gasteiger partial charge in [0.05, 0.1) is 0 Å². The molecular weight excluding hydrogens is 418 g/mol. The van der Waals surface area contributed by atoms with Gasteiger partial charge >= 0.3 is 0 Å². The second-order valence-electron chi connectivity index (χ2n) is 6.33. The number of anilines is 2. The van der Waals surface area contributed by atoms with Crippen LogP contribution >= 0.6 is 27.5 Å². The van der Waals surface area contributed by atoms with E-state index in [0.717, 1.165) is 48.2 Å². The van der Waals surface area contributed by atoms with Crippen molar-refractivity contribution in [2.45, 2.75) is 33.1 Å². The first kappa shape index (κ1) is 19.0. The molecule has 0 bridgehead atoms. The van der Waals surface area contributed by atoms with E-state index < -0.39 is 0 Å². The third kappa shape index (κ3) is 4.32. The maximum atomic E-state index is 12.5. The summed E-state index contributed by atoms with van der Waals surface area (Å²) in [4.78, 5) is 27.7. The van der Waals surface area contributed by atoms with Gasteiger partial charge in [0.2, 0.25) is 5.91 Å². The van der Waals surface area contributed by atoms with E-state index in [1.165, 1.54) is 0 Å². The van der Waals surface area contributed by atoms with Crippen LogP contribution < -0.4 is 10.2 Å². The van der Waals surface area contributed by atoms with E-state index >= 15 is 0 Å². The average Bonchev–Trinajstić information content (AvgIpc) is 2.63. The van der Waals surface area contributed by atoms with E-state index in [9.17, 15) is 4.79 Å². The quantitative estimate of drug-likeness (QED) is 0.730. The van der Waals surface area contributed by atoms with Crippen molar-refractivity contribution in [3.8, 4) is 0 Å². The molecule has 0 saturated carbocycles. The monoisotopic (exact) mass is 437 g/mol. The number of piperidine rings is 1. The maximum Gasteiger partial charge on any atom is 0.228 e. The largest absolute Gasteiger partial charge is 0.356 e. The van der Waals surface area contributed by atoms with E-state index in [-0.39, 0.29) is 11.8 Å². The Morgan fingerprint density at radius 2 is 2.08 bits per heavy atom. The number of carbonyl (C=O) groups excluding carboxylic acids is 1. The molecule has 0 aromatic carbocycles. The van der Waals surface area contributed by atoms with Crippen molar-refractivity contribution in [2.75, 3.05) is 23.3 Å². The van der Waals surface area contributed by atoms with E-state index in [4.69, 9.17) is 11.6 Å². The zero-order valence-electron chi connectivity index (χ0n) is 14.8. The van der Waals surface area contributed by atoms with Crippen molar-refractivity contribution >= 4 is 45.1 Å². The van der Waals surface area contributed by atoms with Crippen LogP contribution in [0.25, 0.3) is 0 Å². The lowest BCUT2D eigenvalue weighted by molar-refractivity contribution is -0.120. The SMILES string of the molecule is CCc1c(Cl)nc(C)nc1N1CCC(C(=O)Nc2ccc(Br)cn2)CC1. The molecule has 6 nitrogen and oxygen atoms in total. The number of carbonyl (C=O) groups is 1. The molecule has 1 saturated heterocycles. The van der Waals surface area contributed by atoms with Crippen LogP contribution in [0, 0.1) is 12.8 Å². The van der Waals surface area contributed by atoms with Gasteiger partial charge in [0, 0.05) is 35.2 Å². The Hall–Kier alpha value is -1.73. The second kappa shape index (κ2) is 8.31. The van der Waals surface area contributed by atoms with Crippen molar-refractivity contribution in [1.29, 1.82) is 0 Å². The van der Waals surface area contributed by atoms with Crippen molar-refractivity contribution < 1.29 is 4.79 Å². The molecule has 1 aliphatic heterocycles. The highest BCUT2D eigenvalue weighted by Crippen LogP contribution is 2.29. The number of nitrogens with zero attached hydrogens (tertiary/aromatic N) is 4. The number of rotatable bonds is 4. The molecule has 3 heterocycles. The van der Waals surface area contributed by atoms with Crippen LogP contribution in [0.4, 0.5) is 11.6 Å². The minimum atomic E-state index is -0.0276. The van der Waals surface area contributed by atoms with Crippen LogP contribution in [0.1, 0.15) is 31.2 Å². The van der Waals surface area contributed by atoms with Gasteiger partial charge in [-0.3, -0.25) is 4.79 Å². The molecule has 26 heavy (non-hydrogen) atoms. The minimum absolute atomic E-state index is 0.0205. The van der Waals surface area contributed by atoms with Gasteiger partial charge in [0.15, 0.2) is 0 Å². The number of halogens is 2. The van der Waals surface area contributed by atoms with Crippen LogP contribution in [-0.4, -0.2) is 33.9 Å². The van der Waals surface area contributed by atoms with Gasteiger partial charge in [-0.05, 0) is 54.2 Å². The summed E-state index contributed by atoms with van der Waals surface area (Å²) in [6.07, 6.45) is 3.99. The standard InChI is InChI=1S/C18H21BrClN5O/c1-3-14-16(20)22-11(2)23-17(14)25-8-6-12(7-9-25)18(26)24-15-5-4-13(19)10-21-15/h4-5,10,12H,3,6-9H2,1-2H3,(H,21,24,26). The van der Waals surface area contributed by atoms with Crippen LogP contribution in [-0.2, 0) is 11.2 Å². The Morgan fingerprint density at radius 3 is 2.69 bits per heavy atom. The summed E-state index contributed by atoms with van der Waals surface area (Å²) >= 11 is 9.62. The van der Waals surface area contributed by atoms with Gasteiger partial charge in [0.25, 0.3) is 0 Å². The van der Waals surface area contributed by atoms with E-state index in [1.807, 2.05) is 13.0 Å². The number of hydrogen-bond acceptors (Lipinski definition) is 5. The first-order valence-corrected chi connectivity index (χ1v) is 9.85. The van der Waals surface area contributed by atoms with Crippen molar-refractivity contribution in [2.24, 2.45) is 5.92 Å². The Labute approximate surface area is 166 Å². The Kier molecular flexibility index (Phi) is 6.09. The molecule has 138 valence electrons.